The topological polar surface area (TPSA) is 79.7 Å². The molecule has 10 heteroatoms. The molecule has 1 aliphatic rings. The van der Waals surface area contributed by atoms with E-state index in [9.17, 15) is 26.8 Å². The van der Waals surface area contributed by atoms with E-state index in [-0.39, 0.29) is 50.6 Å². The zero-order chi connectivity index (χ0) is 20.3. The Hall–Kier alpha value is -2.59. The molecule has 1 saturated heterocycles. The van der Waals surface area contributed by atoms with Crippen molar-refractivity contribution in [2.75, 3.05) is 26.2 Å². The molecule has 0 radical (unpaired) electrons. The normalized spacial score (nSPS) is 15.6. The minimum Gasteiger partial charge on any atom is -0.340 e. The molecule has 0 bridgehead atoms. The number of amides is 1. The number of carbonyl (C=O) groups excluding carboxylic acids is 1. The van der Waals surface area contributed by atoms with Crippen LogP contribution >= 0.6 is 0 Å². The molecule has 1 aromatic heterocycles. The Morgan fingerprint density at radius 2 is 1.75 bits per heavy atom. The molecule has 2 heterocycles. The smallest absolute Gasteiger partial charge is 0.250 e. The fraction of sp³-hybridized carbons (Fsp3) is 0.333. The Balaban J connectivity index is 1.60. The van der Waals surface area contributed by atoms with E-state index in [1.54, 1.807) is 18.3 Å². The maximum absolute atomic E-state index is 13.9. The Morgan fingerprint density at radius 1 is 1.04 bits per heavy atom. The third-order valence-corrected chi connectivity index (χ3v) is 6.50. The lowest BCUT2D eigenvalue weighted by molar-refractivity contribution is -0.132. The molecule has 0 saturated carbocycles. The maximum Gasteiger partial charge on any atom is 0.250 e. The van der Waals surface area contributed by atoms with Crippen molar-refractivity contribution in [1.29, 1.82) is 0 Å². The van der Waals surface area contributed by atoms with Crippen LogP contribution in [0.5, 0.6) is 0 Å². The second-order valence-electron chi connectivity index (χ2n) is 6.34. The van der Waals surface area contributed by atoms with Crippen LogP contribution in [0.1, 0.15) is 6.42 Å². The minimum absolute atomic E-state index is 0.0101. The van der Waals surface area contributed by atoms with Gasteiger partial charge < -0.3 is 9.47 Å². The highest BCUT2D eigenvalue weighted by molar-refractivity contribution is 7.89. The Kier molecular flexibility index (Phi) is 5.90. The van der Waals surface area contributed by atoms with Gasteiger partial charge in [-0.25, -0.2) is 17.2 Å². The van der Waals surface area contributed by atoms with Crippen LogP contribution in [0, 0.1) is 11.6 Å². The molecule has 0 N–H and O–H groups in total. The zero-order valence-corrected chi connectivity index (χ0v) is 15.7. The van der Waals surface area contributed by atoms with Crippen LogP contribution in [0.2, 0.25) is 0 Å². The maximum atomic E-state index is 13.9. The fourth-order valence-corrected chi connectivity index (χ4v) is 4.49. The van der Waals surface area contributed by atoms with Crippen LogP contribution in [0.4, 0.5) is 8.78 Å². The van der Waals surface area contributed by atoms with E-state index < -0.39 is 26.6 Å². The van der Waals surface area contributed by atoms with Gasteiger partial charge in [0.05, 0.1) is 0 Å². The van der Waals surface area contributed by atoms with Gasteiger partial charge in [0.15, 0.2) is 0 Å². The van der Waals surface area contributed by atoms with Crippen molar-refractivity contribution >= 4 is 15.9 Å². The summed E-state index contributed by atoms with van der Waals surface area (Å²) in [5, 5.41) is 0. The molecule has 3 rings (SSSR count). The number of rotatable bonds is 5. The molecular formula is C18H19F2N3O4S. The summed E-state index contributed by atoms with van der Waals surface area (Å²) in [6.07, 6.45) is 1.71. The molecule has 1 amide bonds. The summed E-state index contributed by atoms with van der Waals surface area (Å²) < 4.78 is 54.5. The predicted octanol–water partition coefficient (Wildman–Crippen LogP) is 1.05. The number of halogens is 2. The van der Waals surface area contributed by atoms with Gasteiger partial charge in [-0.3, -0.25) is 9.59 Å². The van der Waals surface area contributed by atoms with Gasteiger partial charge in [0.1, 0.15) is 16.5 Å². The lowest BCUT2D eigenvalue weighted by Gasteiger charge is -2.34. The van der Waals surface area contributed by atoms with Crippen LogP contribution < -0.4 is 5.56 Å². The lowest BCUT2D eigenvalue weighted by atomic mass is 10.3. The van der Waals surface area contributed by atoms with Gasteiger partial charge in [0.25, 0.3) is 5.56 Å². The summed E-state index contributed by atoms with van der Waals surface area (Å²) in [4.78, 5) is 24.9. The van der Waals surface area contributed by atoms with Gasteiger partial charge in [-0.05, 0) is 18.2 Å². The van der Waals surface area contributed by atoms with Gasteiger partial charge in [-0.2, -0.15) is 4.31 Å². The largest absolute Gasteiger partial charge is 0.340 e. The molecule has 150 valence electrons. The van der Waals surface area contributed by atoms with Crippen molar-refractivity contribution in [3.63, 3.8) is 0 Å². The monoisotopic (exact) mass is 411 g/mol. The van der Waals surface area contributed by atoms with E-state index in [0.717, 1.165) is 16.4 Å². The van der Waals surface area contributed by atoms with Gasteiger partial charge in [0.2, 0.25) is 15.9 Å². The van der Waals surface area contributed by atoms with Crippen molar-refractivity contribution in [3.8, 4) is 0 Å². The summed E-state index contributed by atoms with van der Waals surface area (Å²) in [6.45, 7) is 0.569. The summed E-state index contributed by atoms with van der Waals surface area (Å²) in [6, 6.07) is 7.03. The average Bonchev–Trinajstić information content (AvgIpc) is 2.67. The molecule has 0 aliphatic carbocycles. The number of aryl methyl sites for hydroxylation is 1. The second kappa shape index (κ2) is 8.19. The lowest BCUT2D eigenvalue weighted by Crippen LogP contribution is -2.50. The van der Waals surface area contributed by atoms with E-state index in [1.165, 1.54) is 15.5 Å². The average molecular weight is 411 g/mol. The fourth-order valence-electron chi connectivity index (χ4n) is 3.02. The molecule has 7 nitrogen and oxygen atoms in total. The van der Waals surface area contributed by atoms with Crippen molar-refractivity contribution in [2.45, 2.75) is 17.9 Å². The van der Waals surface area contributed by atoms with E-state index >= 15 is 0 Å². The standard InChI is InChI=1S/C18H19F2N3O4S/c19-14-4-5-16(15(20)13-14)28(26,27)23-11-9-22(10-12-23)18(25)6-8-21-7-2-1-3-17(21)24/h1-5,7,13H,6,8-12H2. The summed E-state index contributed by atoms with van der Waals surface area (Å²) in [5.74, 6) is -2.20. The quantitative estimate of drug-likeness (QED) is 0.737. The Morgan fingerprint density at radius 3 is 2.39 bits per heavy atom. The Bertz CT molecular complexity index is 1030. The van der Waals surface area contributed by atoms with E-state index in [4.69, 9.17) is 0 Å². The van der Waals surface area contributed by atoms with Crippen LogP contribution in [-0.2, 0) is 21.4 Å². The molecule has 0 spiro atoms. The first-order valence-electron chi connectivity index (χ1n) is 8.67. The van der Waals surface area contributed by atoms with Crippen molar-refractivity contribution in [2.24, 2.45) is 0 Å². The first kappa shape index (κ1) is 20.2. The second-order valence-corrected chi connectivity index (χ2v) is 8.25. The van der Waals surface area contributed by atoms with Crippen molar-refractivity contribution < 1.29 is 22.0 Å². The van der Waals surface area contributed by atoms with Gasteiger partial charge >= 0.3 is 0 Å². The van der Waals surface area contributed by atoms with Crippen LogP contribution in [-0.4, -0.2) is 54.3 Å². The van der Waals surface area contributed by atoms with Crippen LogP contribution in [0.3, 0.4) is 0 Å². The molecule has 1 aliphatic heterocycles. The summed E-state index contributed by atoms with van der Waals surface area (Å²) in [7, 11) is -4.11. The third-order valence-electron chi connectivity index (χ3n) is 4.57. The first-order chi connectivity index (χ1) is 13.3. The van der Waals surface area contributed by atoms with E-state index in [2.05, 4.69) is 0 Å². The number of sulfonamides is 1. The Labute approximate surface area is 160 Å². The SMILES string of the molecule is O=C(CCn1ccccc1=O)N1CCN(S(=O)(=O)c2ccc(F)cc2F)CC1. The highest BCUT2D eigenvalue weighted by atomic mass is 32.2. The third kappa shape index (κ3) is 4.28. The number of piperazine rings is 1. The number of carbonyl (C=O) groups is 1. The van der Waals surface area contributed by atoms with Crippen molar-refractivity contribution in [3.05, 3.63) is 64.6 Å². The zero-order valence-electron chi connectivity index (χ0n) is 14.9. The highest BCUT2D eigenvalue weighted by Crippen LogP contribution is 2.21. The molecule has 1 fully saturated rings. The highest BCUT2D eigenvalue weighted by Gasteiger charge is 2.31. The van der Waals surface area contributed by atoms with Crippen LogP contribution in [0.25, 0.3) is 0 Å². The van der Waals surface area contributed by atoms with Crippen LogP contribution in [0.15, 0.2) is 52.3 Å². The predicted molar refractivity (Wildman–Crippen MR) is 97.0 cm³/mol. The number of hydrogen-bond acceptors (Lipinski definition) is 4. The van der Waals surface area contributed by atoms with Gasteiger partial charge in [-0.1, -0.05) is 6.07 Å². The summed E-state index contributed by atoms with van der Waals surface area (Å²) in [5.41, 5.74) is -0.201. The van der Waals surface area contributed by atoms with Crippen molar-refractivity contribution in [1.82, 2.24) is 13.8 Å². The number of pyridine rings is 1. The van der Waals surface area contributed by atoms with E-state index in [1.807, 2.05) is 0 Å². The van der Waals surface area contributed by atoms with Gasteiger partial charge in [-0.15, -0.1) is 0 Å². The number of hydrogen-bond donors (Lipinski definition) is 0. The summed E-state index contributed by atoms with van der Waals surface area (Å²) >= 11 is 0. The first-order valence-corrected chi connectivity index (χ1v) is 10.1. The number of aromatic nitrogens is 1. The molecule has 0 unspecified atom stereocenters. The molecule has 2 aromatic rings. The van der Waals surface area contributed by atoms with Gasteiger partial charge in [0, 0.05) is 57.5 Å². The number of benzene rings is 1. The minimum atomic E-state index is -4.11. The molecule has 1 aromatic carbocycles. The van der Waals surface area contributed by atoms with E-state index in [0.29, 0.717) is 6.07 Å². The molecular weight excluding hydrogens is 392 g/mol. The number of nitrogens with zero attached hydrogens (tertiary/aromatic N) is 3. The molecule has 0 atom stereocenters. The molecule has 28 heavy (non-hydrogen) atoms.